The van der Waals surface area contributed by atoms with Crippen LogP contribution in [0.5, 0.6) is 0 Å². The number of hydrogen-bond acceptors (Lipinski definition) is 4. The van der Waals surface area contributed by atoms with Gasteiger partial charge in [0.15, 0.2) is 0 Å². The molecule has 0 bridgehead atoms. The second-order valence-corrected chi connectivity index (χ2v) is 7.60. The van der Waals surface area contributed by atoms with Crippen LogP contribution in [0.15, 0.2) is 36.7 Å². The Balaban J connectivity index is 1.97. The lowest BCUT2D eigenvalue weighted by atomic mass is 10.1. The monoisotopic (exact) mass is 336 g/mol. The van der Waals surface area contributed by atoms with E-state index in [1.54, 1.807) is 18.3 Å². The van der Waals surface area contributed by atoms with Crippen LogP contribution in [-0.2, 0) is 17.1 Å². The van der Waals surface area contributed by atoms with Crippen molar-refractivity contribution in [3.8, 4) is 11.4 Å². The van der Waals surface area contributed by atoms with Crippen molar-refractivity contribution in [1.82, 2.24) is 19.2 Å². The molecule has 0 radical (unpaired) electrons. The second kappa shape index (κ2) is 6.93. The maximum absolute atomic E-state index is 12.0. The van der Waals surface area contributed by atoms with Crippen LogP contribution < -0.4 is 5.32 Å². The number of imidazole rings is 1. The van der Waals surface area contributed by atoms with Crippen LogP contribution in [0.2, 0.25) is 0 Å². The molecule has 7 nitrogen and oxygen atoms in total. The minimum absolute atomic E-state index is 0.0699. The lowest BCUT2D eigenvalue weighted by molar-refractivity contribution is 0.0956. The Bertz CT molecular complexity index is 779. The van der Waals surface area contributed by atoms with E-state index in [1.807, 2.05) is 29.9 Å². The Kier molecular flexibility index (Phi) is 5.17. The third-order valence-corrected chi connectivity index (χ3v) is 5.26. The number of hydrogen-bond donors (Lipinski definition) is 1. The third-order valence-electron chi connectivity index (χ3n) is 3.43. The van der Waals surface area contributed by atoms with Crippen LogP contribution in [0.4, 0.5) is 0 Å². The summed E-state index contributed by atoms with van der Waals surface area (Å²) in [6.45, 7) is 0.0699. The Labute approximate surface area is 136 Å². The van der Waals surface area contributed by atoms with Crippen LogP contribution in [-0.4, -0.2) is 54.6 Å². The van der Waals surface area contributed by atoms with Gasteiger partial charge in [0.05, 0.1) is 5.75 Å². The smallest absolute Gasteiger partial charge is 0.251 e. The van der Waals surface area contributed by atoms with Crippen molar-refractivity contribution in [2.45, 2.75) is 0 Å². The number of carbonyl (C=O) groups is 1. The molecule has 1 aromatic heterocycles. The molecule has 0 spiro atoms. The van der Waals surface area contributed by atoms with Gasteiger partial charge in [-0.2, -0.15) is 0 Å². The van der Waals surface area contributed by atoms with E-state index in [9.17, 15) is 13.2 Å². The number of amides is 1. The Morgan fingerprint density at radius 3 is 2.43 bits per heavy atom. The molecule has 124 valence electrons. The van der Waals surface area contributed by atoms with Crippen LogP contribution in [0.25, 0.3) is 11.4 Å². The van der Waals surface area contributed by atoms with Gasteiger partial charge in [-0.3, -0.25) is 4.79 Å². The van der Waals surface area contributed by atoms with Crippen LogP contribution in [0.3, 0.4) is 0 Å². The van der Waals surface area contributed by atoms with Crippen molar-refractivity contribution >= 4 is 15.9 Å². The van der Waals surface area contributed by atoms with E-state index in [4.69, 9.17) is 0 Å². The number of nitrogens with zero attached hydrogens (tertiary/aromatic N) is 3. The molecule has 0 aliphatic heterocycles. The Morgan fingerprint density at radius 2 is 1.91 bits per heavy atom. The van der Waals surface area contributed by atoms with Crippen molar-refractivity contribution in [2.24, 2.45) is 7.05 Å². The van der Waals surface area contributed by atoms with Crippen molar-refractivity contribution in [3.63, 3.8) is 0 Å². The molecule has 0 unspecified atom stereocenters. The van der Waals surface area contributed by atoms with E-state index in [2.05, 4.69) is 10.3 Å². The fraction of sp³-hybridized carbons (Fsp3) is 0.333. The number of carbonyl (C=O) groups excluding carboxylic acids is 1. The fourth-order valence-electron chi connectivity index (χ4n) is 1.99. The molecule has 0 fully saturated rings. The highest BCUT2D eigenvalue weighted by molar-refractivity contribution is 7.89. The first-order valence-corrected chi connectivity index (χ1v) is 8.68. The van der Waals surface area contributed by atoms with Crippen LogP contribution in [0.1, 0.15) is 10.4 Å². The second-order valence-electron chi connectivity index (χ2n) is 5.29. The lowest BCUT2D eigenvalue weighted by Gasteiger charge is -2.11. The molecule has 0 saturated heterocycles. The highest BCUT2D eigenvalue weighted by Crippen LogP contribution is 2.17. The molecule has 0 aliphatic carbocycles. The first-order valence-electron chi connectivity index (χ1n) is 7.07. The number of nitrogens with one attached hydrogen (secondary N) is 1. The average Bonchev–Trinajstić information content (AvgIpc) is 2.93. The van der Waals surface area contributed by atoms with Crippen LogP contribution >= 0.6 is 0 Å². The molecule has 2 rings (SSSR count). The predicted molar refractivity (Wildman–Crippen MR) is 88.5 cm³/mol. The zero-order valence-corrected chi connectivity index (χ0v) is 14.2. The van der Waals surface area contributed by atoms with Crippen molar-refractivity contribution in [1.29, 1.82) is 0 Å². The van der Waals surface area contributed by atoms with E-state index in [1.165, 1.54) is 14.1 Å². The lowest BCUT2D eigenvalue weighted by Crippen LogP contribution is -2.33. The zero-order valence-electron chi connectivity index (χ0n) is 13.4. The first-order chi connectivity index (χ1) is 10.8. The summed E-state index contributed by atoms with van der Waals surface area (Å²) in [5, 5.41) is 2.61. The van der Waals surface area contributed by atoms with Gasteiger partial charge in [-0.15, -0.1) is 0 Å². The maximum Gasteiger partial charge on any atom is 0.251 e. The molecule has 23 heavy (non-hydrogen) atoms. The van der Waals surface area contributed by atoms with Gasteiger partial charge in [0, 0.05) is 51.2 Å². The van der Waals surface area contributed by atoms with Gasteiger partial charge in [0.25, 0.3) is 5.91 Å². The van der Waals surface area contributed by atoms with E-state index in [0.29, 0.717) is 5.56 Å². The van der Waals surface area contributed by atoms with Gasteiger partial charge in [0.2, 0.25) is 10.0 Å². The Hall–Kier alpha value is -2.19. The number of benzene rings is 1. The molecule has 1 amide bonds. The molecule has 0 saturated carbocycles. The van der Waals surface area contributed by atoms with E-state index in [-0.39, 0.29) is 18.2 Å². The quantitative estimate of drug-likeness (QED) is 0.842. The number of rotatable bonds is 6. The molecule has 0 atom stereocenters. The highest BCUT2D eigenvalue weighted by atomic mass is 32.2. The largest absolute Gasteiger partial charge is 0.351 e. The number of sulfonamides is 1. The van der Waals surface area contributed by atoms with E-state index in [0.717, 1.165) is 15.7 Å². The van der Waals surface area contributed by atoms with E-state index < -0.39 is 10.0 Å². The van der Waals surface area contributed by atoms with Gasteiger partial charge < -0.3 is 9.88 Å². The molecule has 1 heterocycles. The summed E-state index contributed by atoms with van der Waals surface area (Å²) in [6.07, 6.45) is 3.56. The molecular weight excluding hydrogens is 316 g/mol. The highest BCUT2D eigenvalue weighted by Gasteiger charge is 2.14. The molecule has 2 aromatic rings. The average molecular weight is 336 g/mol. The molecule has 0 aliphatic rings. The Morgan fingerprint density at radius 1 is 1.26 bits per heavy atom. The standard InChI is InChI=1S/C15H20N4O3S/c1-18(2)23(21,22)11-9-17-15(20)13-6-4-12(5-7-13)14-16-8-10-19(14)3/h4-8,10H,9,11H2,1-3H3,(H,17,20). The summed E-state index contributed by atoms with van der Waals surface area (Å²) < 4.78 is 26.3. The van der Waals surface area contributed by atoms with Gasteiger partial charge in [-0.1, -0.05) is 12.1 Å². The molecule has 1 N–H and O–H groups in total. The topological polar surface area (TPSA) is 84.3 Å². The summed E-state index contributed by atoms with van der Waals surface area (Å²) in [5.41, 5.74) is 1.38. The summed E-state index contributed by atoms with van der Waals surface area (Å²) in [4.78, 5) is 16.3. The number of aromatic nitrogens is 2. The normalized spacial score (nSPS) is 11.7. The first kappa shape index (κ1) is 17.2. The third kappa shape index (κ3) is 4.17. The number of aryl methyl sites for hydroxylation is 1. The predicted octanol–water partition coefficient (Wildman–Crippen LogP) is 0.708. The van der Waals surface area contributed by atoms with Gasteiger partial charge in [0.1, 0.15) is 5.82 Å². The van der Waals surface area contributed by atoms with Crippen molar-refractivity contribution < 1.29 is 13.2 Å². The van der Waals surface area contributed by atoms with Gasteiger partial charge >= 0.3 is 0 Å². The summed E-state index contributed by atoms with van der Waals surface area (Å²) in [5.74, 6) is 0.385. The fourth-order valence-corrected chi connectivity index (χ4v) is 2.72. The molecular formula is C15H20N4O3S. The van der Waals surface area contributed by atoms with E-state index >= 15 is 0 Å². The maximum atomic E-state index is 12.0. The summed E-state index contributed by atoms with van der Waals surface area (Å²) in [7, 11) is 1.52. The minimum Gasteiger partial charge on any atom is -0.351 e. The SMILES string of the molecule is CN(C)S(=O)(=O)CCNC(=O)c1ccc(-c2nccn2C)cc1. The van der Waals surface area contributed by atoms with Crippen molar-refractivity contribution in [2.75, 3.05) is 26.4 Å². The van der Waals surface area contributed by atoms with Gasteiger partial charge in [-0.05, 0) is 12.1 Å². The summed E-state index contributed by atoms with van der Waals surface area (Å²) >= 11 is 0. The van der Waals surface area contributed by atoms with Gasteiger partial charge in [-0.25, -0.2) is 17.7 Å². The van der Waals surface area contributed by atoms with Crippen molar-refractivity contribution in [3.05, 3.63) is 42.2 Å². The molecule has 1 aromatic carbocycles. The molecule has 8 heteroatoms. The summed E-state index contributed by atoms with van der Waals surface area (Å²) in [6, 6.07) is 7.02. The minimum atomic E-state index is -3.31. The van der Waals surface area contributed by atoms with Crippen LogP contribution in [0, 0.1) is 0 Å². The zero-order chi connectivity index (χ0) is 17.0.